The zero-order valence-electron chi connectivity index (χ0n) is 10.4. The third kappa shape index (κ3) is 5.34. The molecule has 0 aromatic rings. The predicted octanol–water partition coefficient (Wildman–Crippen LogP) is 4.35. The van der Waals surface area contributed by atoms with E-state index < -0.39 is 0 Å². The van der Waals surface area contributed by atoms with Crippen LogP contribution in [0.5, 0.6) is 0 Å². The molecule has 0 radical (unpaired) electrons. The van der Waals surface area contributed by atoms with E-state index in [4.69, 9.17) is 0 Å². The zero-order chi connectivity index (χ0) is 11.1. The van der Waals surface area contributed by atoms with Gasteiger partial charge in [-0.3, -0.25) is 4.79 Å². The summed E-state index contributed by atoms with van der Waals surface area (Å²) in [5.74, 6) is 1.63. The zero-order valence-corrected chi connectivity index (χ0v) is 10.4. The summed E-state index contributed by atoms with van der Waals surface area (Å²) in [6.45, 7) is 4.00. The van der Waals surface area contributed by atoms with Gasteiger partial charge >= 0.3 is 0 Å². The molecule has 0 spiro atoms. The molecule has 1 heteroatoms. The van der Waals surface area contributed by atoms with Crippen molar-refractivity contribution in [2.45, 2.75) is 71.6 Å². The summed E-state index contributed by atoms with van der Waals surface area (Å²) in [5, 5.41) is 0. The molecule has 1 fully saturated rings. The van der Waals surface area contributed by atoms with Crippen LogP contribution in [-0.2, 0) is 4.79 Å². The highest BCUT2D eigenvalue weighted by Gasteiger charge is 2.39. The Kier molecular flexibility index (Phi) is 5.97. The average molecular weight is 210 g/mol. The monoisotopic (exact) mass is 210 g/mol. The first-order valence-corrected chi connectivity index (χ1v) is 6.76. The Morgan fingerprint density at radius 2 is 1.67 bits per heavy atom. The molecule has 1 rings (SSSR count). The quantitative estimate of drug-likeness (QED) is 0.517. The van der Waals surface area contributed by atoms with Gasteiger partial charge in [-0.15, -0.1) is 0 Å². The minimum atomic E-state index is 0.419. The van der Waals surface area contributed by atoms with Crippen molar-refractivity contribution in [2.75, 3.05) is 0 Å². The number of ketones is 1. The maximum atomic E-state index is 11.0. The summed E-state index contributed by atoms with van der Waals surface area (Å²) in [7, 11) is 0. The SMILES string of the molecule is CCCCCCCCCC1CC1C(C)=O. The molecule has 0 heterocycles. The molecular weight excluding hydrogens is 184 g/mol. The summed E-state index contributed by atoms with van der Waals surface area (Å²) in [4.78, 5) is 11.0. The molecule has 0 amide bonds. The van der Waals surface area contributed by atoms with E-state index in [2.05, 4.69) is 6.92 Å². The lowest BCUT2D eigenvalue weighted by Gasteiger charge is -2.00. The number of carbonyl (C=O) groups excluding carboxylic acids is 1. The molecule has 1 saturated carbocycles. The molecule has 1 aliphatic carbocycles. The normalized spacial score (nSPS) is 24.1. The van der Waals surface area contributed by atoms with Crippen LogP contribution in [0, 0.1) is 11.8 Å². The van der Waals surface area contributed by atoms with Gasteiger partial charge in [0.05, 0.1) is 0 Å². The summed E-state index contributed by atoms with van der Waals surface area (Å²) in [5.41, 5.74) is 0. The standard InChI is InChI=1S/C14H26O/c1-3-4-5-6-7-8-9-10-13-11-14(13)12(2)15/h13-14H,3-11H2,1-2H3. The summed E-state index contributed by atoms with van der Waals surface area (Å²) in [6, 6.07) is 0. The third-order valence-corrected chi connectivity index (χ3v) is 3.62. The van der Waals surface area contributed by atoms with E-state index in [0.717, 1.165) is 5.92 Å². The Morgan fingerprint density at radius 1 is 1.07 bits per heavy atom. The van der Waals surface area contributed by atoms with Gasteiger partial charge in [-0.1, -0.05) is 51.9 Å². The third-order valence-electron chi connectivity index (χ3n) is 3.62. The minimum absolute atomic E-state index is 0.419. The molecule has 0 bridgehead atoms. The molecule has 0 N–H and O–H groups in total. The Morgan fingerprint density at radius 3 is 2.20 bits per heavy atom. The number of hydrogen-bond donors (Lipinski definition) is 0. The topological polar surface area (TPSA) is 17.1 Å². The molecular formula is C14H26O. The van der Waals surface area contributed by atoms with Gasteiger partial charge in [-0.25, -0.2) is 0 Å². The van der Waals surface area contributed by atoms with Crippen molar-refractivity contribution >= 4 is 5.78 Å². The van der Waals surface area contributed by atoms with Crippen molar-refractivity contribution in [1.82, 2.24) is 0 Å². The van der Waals surface area contributed by atoms with Crippen molar-refractivity contribution < 1.29 is 4.79 Å². The van der Waals surface area contributed by atoms with Crippen molar-refractivity contribution in [3.8, 4) is 0 Å². The van der Waals surface area contributed by atoms with E-state index in [0.29, 0.717) is 11.7 Å². The molecule has 0 aliphatic heterocycles. The summed E-state index contributed by atoms with van der Waals surface area (Å²) < 4.78 is 0. The van der Waals surface area contributed by atoms with E-state index in [1.165, 1.54) is 57.8 Å². The van der Waals surface area contributed by atoms with Crippen molar-refractivity contribution in [3.05, 3.63) is 0 Å². The second-order valence-corrected chi connectivity index (χ2v) is 5.12. The van der Waals surface area contributed by atoms with E-state index in [9.17, 15) is 4.79 Å². The molecule has 2 atom stereocenters. The van der Waals surface area contributed by atoms with Crippen LogP contribution >= 0.6 is 0 Å². The number of hydrogen-bond acceptors (Lipinski definition) is 1. The van der Waals surface area contributed by atoms with Crippen LogP contribution in [0.4, 0.5) is 0 Å². The van der Waals surface area contributed by atoms with Crippen molar-refractivity contribution in [1.29, 1.82) is 0 Å². The Labute approximate surface area is 94.6 Å². The van der Waals surface area contributed by atoms with Gasteiger partial charge in [-0.05, 0) is 25.7 Å². The van der Waals surface area contributed by atoms with Gasteiger partial charge in [0.15, 0.2) is 0 Å². The van der Waals surface area contributed by atoms with Crippen LogP contribution in [0.1, 0.15) is 71.6 Å². The van der Waals surface area contributed by atoms with Gasteiger partial charge < -0.3 is 0 Å². The highest BCUT2D eigenvalue weighted by molar-refractivity contribution is 5.81. The van der Waals surface area contributed by atoms with E-state index in [1.54, 1.807) is 6.92 Å². The second-order valence-electron chi connectivity index (χ2n) is 5.12. The summed E-state index contributed by atoms with van der Waals surface area (Å²) >= 11 is 0. The average Bonchev–Trinajstić information content (AvgIpc) is 2.96. The summed E-state index contributed by atoms with van der Waals surface area (Å²) in [6.07, 6.45) is 12.2. The smallest absolute Gasteiger partial charge is 0.133 e. The number of Topliss-reactive ketones (excluding diaryl/α,β-unsaturated/α-hetero) is 1. The lowest BCUT2D eigenvalue weighted by molar-refractivity contribution is -0.118. The van der Waals surface area contributed by atoms with Crippen molar-refractivity contribution in [2.24, 2.45) is 11.8 Å². The van der Waals surface area contributed by atoms with Crippen LogP contribution in [0.2, 0.25) is 0 Å². The first-order valence-electron chi connectivity index (χ1n) is 6.76. The number of unbranched alkanes of at least 4 members (excludes halogenated alkanes) is 6. The Bertz CT molecular complexity index is 186. The maximum Gasteiger partial charge on any atom is 0.133 e. The minimum Gasteiger partial charge on any atom is -0.300 e. The fourth-order valence-corrected chi connectivity index (χ4v) is 2.43. The maximum absolute atomic E-state index is 11.0. The molecule has 88 valence electrons. The molecule has 0 saturated heterocycles. The van der Waals surface area contributed by atoms with Gasteiger partial charge in [0.25, 0.3) is 0 Å². The molecule has 2 unspecified atom stereocenters. The lowest BCUT2D eigenvalue weighted by atomic mass is 10.1. The molecule has 0 aromatic carbocycles. The van der Waals surface area contributed by atoms with E-state index >= 15 is 0 Å². The molecule has 15 heavy (non-hydrogen) atoms. The van der Waals surface area contributed by atoms with Crippen LogP contribution in [0.15, 0.2) is 0 Å². The van der Waals surface area contributed by atoms with E-state index in [-0.39, 0.29) is 0 Å². The fourth-order valence-electron chi connectivity index (χ4n) is 2.43. The number of rotatable bonds is 9. The Balaban J connectivity index is 1.80. The van der Waals surface area contributed by atoms with Crippen LogP contribution in [0.25, 0.3) is 0 Å². The molecule has 1 nitrogen and oxygen atoms in total. The fraction of sp³-hybridized carbons (Fsp3) is 0.929. The van der Waals surface area contributed by atoms with Crippen LogP contribution < -0.4 is 0 Å². The van der Waals surface area contributed by atoms with Gasteiger partial charge in [0, 0.05) is 5.92 Å². The first-order chi connectivity index (χ1) is 7.25. The van der Waals surface area contributed by atoms with Crippen LogP contribution in [0.3, 0.4) is 0 Å². The van der Waals surface area contributed by atoms with Gasteiger partial charge in [0.1, 0.15) is 5.78 Å². The highest BCUT2D eigenvalue weighted by Crippen LogP contribution is 2.42. The second kappa shape index (κ2) is 7.03. The van der Waals surface area contributed by atoms with Gasteiger partial charge in [-0.2, -0.15) is 0 Å². The predicted molar refractivity (Wildman–Crippen MR) is 64.9 cm³/mol. The Hall–Kier alpha value is -0.330. The number of carbonyl (C=O) groups is 1. The first kappa shape index (κ1) is 12.7. The molecule has 0 aromatic heterocycles. The molecule has 1 aliphatic rings. The highest BCUT2D eigenvalue weighted by atomic mass is 16.1. The van der Waals surface area contributed by atoms with Crippen LogP contribution in [-0.4, -0.2) is 5.78 Å². The lowest BCUT2D eigenvalue weighted by Crippen LogP contribution is -1.95. The van der Waals surface area contributed by atoms with E-state index in [1.807, 2.05) is 0 Å². The largest absolute Gasteiger partial charge is 0.300 e. The van der Waals surface area contributed by atoms with Gasteiger partial charge in [0.2, 0.25) is 0 Å². The van der Waals surface area contributed by atoms with Crippen molar-refractivity contribution in [3.63, 3.8) is 0 Å².